The Kier molecular flexibility index (Phi) is 4.08. The van der Waals surface area contributed by atoms with E-state index in [4.69, 9.17) is 5.11 Å². The summed E-state index contributed by atoms with van der Waals surface area (Å²) in [4.78, 5) is 24.1. The van der Waals surface area contributed by atoms with Crippen LogP contribution >= 0.6 is 0 Å². The van der Waals surface area contributed by atoms with Gasteiger partial charge in [0.15, 0.2) is 0 Å². The number of amides is 1. The van der Waals surface area contributed by atoms with E-state index in [1.807, 2.05) is 0 Å². The van der Waals surface area contributed by atoms with Crippen molar-refractivity contribution in [3.63, 3.8) is 0 Å². The molecule has 2 N–H and O–H groups in total. The van der Waals surface area contributed by atoms with Gasteiger partial charge in [-0.25, -0.2) is 4.79 Å². The van der Waals surface area contributed by atoms with Crippen LogP contribution in [-0.2, 0) is 9.59 Å². The summed E-state index contributed by atoms with van der Waals surface area (Å²) in [5, 5.41) is 12.0. The molecule has 0 spiro atoms. The lowest BCUT2D eigenvalue weighted by Crippen LogP contribution is -2.45. The van der Waals surface area contributed by atoms with Crippen LogP contribution in [0, 0.1) is 5.92 Å². The third-order valence-electron chi connectivity index (χ3n) is 2.90. The van der Waals surface area contributed by atoms with Crippen LogP contribution in [0.15, 0.2) is 0 Å². The van der Waals surface area contributed by atoms with Gasteiger partial charge in [0.25, 0.3) is 0 Å². The lowest BCUT2D eigenvalue weighted by molar-refractivity contribution is -0.150. The van der Waals surface area contributed by atoms with Crippen molar-refractivity contribution in [2.75, 3.05) is 20.1 Å². The van der Waals surface area contributed by atoms with Crippen molar-refractivity contribution < 1.29 is 14.7 Å². The highest BCUT2D eigenvalue weighted by atomic mass is 16.4. The Labute approximate surface area is 89.4 Å². The lowest BCUT2D eigenvalue weighted by Gasteiger charge is -2.26. The quantitative estimate of drug-likeness (QED) is 0.686. The minimum atomic E-state index is -0.931. The maximum atomic E-state index is 11.9. The van der Waals surface area contributed by atoms with Crippen molar-refractivity contribution in [2.45, 2.75) is 25.8 Å². The first-order chi connectivity index (χ1) is 7.07. The molecule has 1 aliphatic heterocycles. The molecule has 0 radical (unpaired) electrons. The molecule has 15 heavy (non-hydrogen) atoms. The molecular formula is C10H18N2O3. The molecule has 5 heteroatoms. The highest BCUT2D eigenvalue weighted by molar-refractivity contribution is 5.85. The number of likely N-dealkylation sites (N-methyl/N-ethyl adjacent to an activating group) is 1. The SMILES string of the molecule is CCC(C(=O)O)N(C)C(=O)[C@H]1CCNC1. The summed E-state index contributed by atoms with van der Waals surface area (Å²) in [6, 6.07) is -0.696. The fourth-order valence-corrected chi connectivity index (χ4v) is 1.92. The number of nitrogens with zero attached hydrogens (tertiary/aromatic N) is 1. The van der Waals surface area contributed by atoms with E-state index in [9.17, 15) is 9.59 Å². The number of hydrogen-bond acceptors (Lipinski definition) is 3. The smallest absolute Gasteiger partial charge is 0.326 e. The molecule has 1 rings (SSSR count). The van der Waals surface area contributed by atoms with Gasteiger partial charge in [-0.05, 0) is 19.4 Å². The van der Waals surface area contributed by atoms with E-state index in [0.29, 0.717) is 13.0 Å². The van der Waals surface area contributed by atoms with Crippen molar-refractivity contribution in [1.82, 2.24) is 10.2 Å². The Morgan fingerprint density at radius 3 is 2.67 bits per heavy atom. The van der Waals surface area contributed by atoms with E-state index in [1.165, 1.54) is 4.90 Å². The first-order valence-corrected chi connectivity index (χ1v) is 5.28. The molecule has 0 aromatic rings. The number of carboxylic acids is 1. The van der Waals surface area contributed by atoms with Gasteiger partial charge in [0, 0.05) is 13.6 Å². The molecule has 0 aromatic heterocycles. The Morgan fingerprint density at radius 2 is 2.27 bits per heavy atom. The predicted octanol–water partition coefficient (Wildman–Crippen LogP) is -0.0825. The second kappa shape index (κ2) is 5.11. The van der Waals surface area contributed by atoms with Gasteiger partial charge in [0.05, 0.1) is 5.92 Å². The molecule has 1 unspecified atom stereocenters. The maximum Gasteiger partial charge on any atom is 0.326 e. The highest BCUT2D eigenvalue weighted by Gasteiger charge is 2.31. The Balaban J connectivity index is 2.60. The van der Waals surface area contributed by atoms with Crippen LogP contribution in [0.1, 0.15) is 19.8 Å². The Bertz CT molecular complexity index is 249. The molecule has 2 atom stereocenters. The fourth-order valence-electron chi connectivity index (χ4n) is 1.92. The molecule has 86 valence electrons. The largest absolute Gasteiger partial charge is 0.480 e. The molecule has 1 fully saturated rings. The molecule has 0 saturated carbocycles. The standard InChI is InChI=1S/C10H18N2O3/c1-3-8(10(14)15)12(2)9(13)7-4-5-11-6-7/h7-8,11H,3-6H2,1-2H3,(H,14,15)/t7-,8?/m0/s1. The lowest BCUT2D eigenvalue weighted by atomic mass is 10.1. The van der Waals surface area contributed by atoms with Crippen LogP contribution in [-0.4, -0.2) is 48.1 Å². The first-order valence-electron chi connectivity index (χ1n) is 5.28. The van der Waals surface area contributed by atoms with Crippen LogP contribution < -0.4 is 5.32 Å². The normalized spacial score (nSPS) is 22.4. The number of carbonyl (C=O) groups is 2. The number of aliphatic carboxylic acids is 1. The number of carboxylic acid groups (broad SMARTS) is 1. The molecule has 1 saturated heterocycles. The van der Waals surface area contributed by atoms with E-state index in [0.717, 1.165) is 13.0 Å². The van der Waals surface area contributed by atoms with E-state index in [1.54, 1.807) is 14.0 Å². The summed E-state index contributed by atoms with van der Waals surface area (Å²) in [5.41, 5.74) is 0. The second-order valence-electron chi connectivity index (χ2n) is 3.90. The highest BCUT2D eigenvalue weighted by Crippen LogP contribution is 2.13. The van der Waals surface area contributed by atoms with Crippen molar-refractivity contribution in [3.8, 4) is 0 Å². The number of rotatable bonds is 4. The maximum absolute atomic E-state index is 11.9. The molecule has 1 heterocycles. The van der Waals surface area contributed by atoms with Crippen LogP contribution in [0.2, 0.25) is 0 Å². The van der Waals surface area contributed by atoms with E-state index in [2.05, 4.69) is 5.32 Å². The third-order valence-corrected chi connectivity index (χ3v) is 2.90. The molecule has 1 aliphatic rings. The van der Waals surface area contributed by atoms with Gasteiger partial charge in [0.2, 0.25) is 5.91 Å². The van der Waals surface area contributed by atoms with Crippen LogP contribution in [0.3, 0.4) is 0 Å². The molecular weight excluding hydrogens is 196 g/mol. The first kappa shape index (κ1) is 12.0. The van der Waals surface area contributed by atoms with Crippen molar-refractivity contribution in [2.24, 2.45) is 5.92 Å². The van der Waals surface area contributed by atoms with E-state index < -0.39 is 12.0 Å². The number of hydrogen-bond donors (Lipinski definition) is 2. The summed E-state index contributed by atoms with van der Waals surface area (Å²) >= 11 is 0. The monoisotopic (exact) mass is 214 g/mol. The summed E-state index contributed by atoms with van der Waals surface area (Å²) in [6.45, 7) is 3.28. The Hall–Kier alpha value is -1.10. The van der Waals surface area contributed by atoms with Gasteiger partial charge in [-0.3, -0.25) is 4.79 Å². The van der Waals surface area contributed by atoms with Crippen molar-refractivity contribution in [1.29, 1.82) is 0 Å². The van der Waals surface area contributed by atoms with E-state index >= 15 is 0 Å². The van der Waals surface area contributed by atoms with Gasteiger partial charge in [0.1, 0.15) is 6.04 Å². The van der Waals surface area contributed by atoms with Crippen LogP contribution in [0.25, 0.3) is 0 Å². The van der Waals surface area contributed by atoms with Gasteiger partial charge >= 0.3 is 5.97 Å². The molecule has 0 bridgehead atoms. The zero-order chi connectivity index (χ0) is 11.4. The average Bonchev–Trinajstić information content (AvgIpc) is 2.69. The minimum Gasteiger partial charge on any atom is -0.480 e. The summed E-state index contributed by atoms with van der Waals surface area (Å²) in [5.74, 6) is -1.04. The van der Waals surface area contributed by atoms with Gasteiger partial charge in [-0.1, -0.05) is 6.92 Å². The number of nitrogens with one attached hydrogen (secondary N) is 1. The van der Waals surface area contributed by atoms with Crippen LogP contribution in [0.4, 0.5) is 0 Å². The zero-order valence-electron chi connectivity index (χ0n) is 9.19. The Morgan fingerprint density at radius 1 is 1.60 bits per heavy atom. The zero-order valence-corrected chi connectivity index (χ0v) is 9.19. The van der Waals surface area contributed by atoms with Gasteiger partial charge in [-0.2, -0.15) is 0 Å². The van der Waals surface area contributed by atoms with Crippen LogP contribution in [0.5, 0.6) is 0 Å². The molecule has 0 aromatic carbocycles. The second-order valence-corrected chi connectivity index (χ2v) is 3.90. The molecule has 5 nitrogen and oxygen atoms in total. The average molecular weight is 214 g/mol. The van der Waals surface area contributed by atoms with Gasteiger partial charge < -0.3 is 15.3 Å². The van der Waals surface area contributed by atoms with Gasteiger partial charge in [-0.15, -0.1) is 0 Å². The molecule has 0 aliphatic carbocycles. The number of carbonyl (C=O) groups excluding carboxylic acids is 1. The van der Waals surface area contributed by atoms with Crippen molar-refractivity contribution in [3.05, 3.63) is 0 Å². The molecule has 1 amide bonds. The third kappa shape index (κ3) is 2.68. The summed E-state index contributed by atoms with van der Waals surface area (Å²) < 4.78 is 0. The van der Waals surface area contributed by atoms with E-state index in [-0.39, 0.29) is 11.8 Å². The minimum absolute atomic E-state index is 0.0524. The topological polar surface area (TPSA) is 69.6 Å². The summed E-state index contributed by atoms with van der Waals surface area (Å²) in [6.07, 6.45) is 1.25. The summed E-state index contributed by atoms with van der Waals surface area (Å²) in [7, 11) is 1.57. The van der Waals surface area contributed by atoms with Crippen molar-refractivity contribution >= 4 is 11.9 Å². The fraction of sp³-hybridized carbons (Fsp3) is 0.800. The predicted molar refractivity (Wildman–Crippen MR) is 55.5 cm³/mol.